The van der Waals surface area contributed by atoms with Crippen LogP contribution in [0.25, 0.3) is 0 Å². The van der Waals surface area contributed by atoms with Gasteiger partial charge in [-0.3, -0.25) is 4.79 Å². The number of aliphatic hydroxyl groups excluding tert-OH is 1. The highest BCUT2D eigenvalue weighted by atomic mass is 16.5. The van der Waals surface area contributed by atoms with Gasteiger partial charge in [-0.15, -0.1) is 0 Å². The summed E-state index contributed by atoms with van der Waals surface area (Å²) >= 11 is 0. The molecule has 1 aliphatic rings. The van der Waals surface area contributed by atoms with E-state index in [9.17, 15) is 9.90 Å². The number of ether oxygens (including phenoxy) is 2. The second kappa shape index (κ2) is 7.26. The standard InChI is InChI=1S/C15H21NO4/c1-19-13-8-7-12(15(13)18)16-14(17)9-10-20-11-5-3-2-4-6-11/h2-6,12-13,15,18H,7-10H2,1H3,(H,16,17)/t12-,13-,15-/m1/s1. The van der Waals surface area contributed by atoms with Crippen molar-refractivity contribution in [2.75, 3.05) is 13.7 Å². The molecule has 0 aromatic heterocycles. The fourth-order valence-corrected chi connectivity index (χ4v) is 2.42. The van der Waals surface area contributed by atoms with Crippen LogP contribution in [0.5, 0.6) is 5.75 Å². The minimum absolute atomic E-state index is 0.110. The molecule has 1 aromatic carbocycles. The minimum Gasteiger partial charge on any atom is -0.493 e. The SMILES string of the molecule is CO[C@@H]1CC[C@@H](NC(=O)CCOc2ccccc2)[C@H]1O. The number of aliphatic hydroxyl groups is 1. The van der Waals surface area contributed by atoms with Crippen molar-refractivity contribution in [1.82, 2.24) is 5.32 Å². The van der Waals surface area contributed by atoms with Gasteiger partial charge in [-0.05, 0) is 25.0 Å². The molecule has 20 heavy (non-hydrogen) atoms. The highest BCUT2D eigenvalue weighted by Gasteiger charge is 2.35. The summed E-state index contributed by atoms with van der Waals surface area (Å²) in [5.74, 6) is 0.641. The Morgan fingerprint density at radius 1 is 1.35 bits per heavy atom. The van der Waals surface area contributed by atoms with Crippen molar-refractivity contribution in [1.29, 1.82) is 0 Å². The Morgan fingerprint density at radius 3 is 2.75 bits per heavy atom. The number of carbonyl (C=O) groups is 1. The van der Waals surface area contributed by atoms with Gasteiger partial charge in [0.15, 0.2) is 0 Å². The largest absolute Gasteiger partial charge is 0.493 e. The Morgan fingerprint density at radius 2 is 2.10 bits per heavy atom. The monoisotopic (exact) mass is 279 g/mol. The van der Waals surface area contributed by atoms with Gasteiger partial charge < -0.3 is 19.9 Å². The van der Waals surface area contributed by atoms with Gasteiger partial charge in [-0.2, -0.15) is 0 Å². The van der Waals surface area contributed by atoms with E-state index in [1.807, 2.05) is 30.3 Å². The lowest BCUT2D eigenvalue weighted by Gasteiger charge is -2.19. The summed E-state index contributed by atoms with van der Waals surface area (Å²) in [5.41, 5.74) is 0. The van der Waals surface area contributed by atoms with Crippen molar-refractivity contribution in [2.24, 2.45) is 0 Å². The van der Waals surface area contributed by atoms with E-state index in [0.717, 1.165) is 18.6 Å². The van der Waals surface area contributed by atoms with Gasteiger partial charge in [0.2, 0.25) is 5.91 Å². The molecule has 110 valence electrons. The molecule has 0 unspecified atom stereocenters. The summed E-state index contributed by atoms with van der Waals surface area (Å²) in [6.45, 7) is 0.326. The third-order valence-corrected chi connectivity index (χ3v) is 3.55. The Kier molecular flexibility index (Phi) is 5.38. The highest BCUT2D eigenvalue weighted by Crippen LogP contribution is 2.22. The van der Waals surface area contributed by atoms with Crippen LogP contribution in [0.4, 0.5) is 0 Å². The molecular weight excluding hydrogens is 258 g/mol. The van der Waals surface area contributed by atoms with Gasteiger partial charge >= 0.3 is 0 Å². The molecule has 2 rings (SSSR count). The smallest absolute Gasteiger partial charge is 0.223 e. The summed E-state index contributed by atoms with van der Waals surface area (Å²) < 4.78 is 10.6. The Balaban J connectivity index is 1.68. The van der Waals surface area contributed by atoms with Crippen LogP contribution < -0.4 is 10.1 Å². The van der Waals surface area contributed by atoms with E-state index >= 15 is 0 Å². The van der Waals surface area contributed by atoms with Crippen molar-refractivity contribution in [2.45, 2.75) is 37.5 Å². The fourth-order valence-electron chi connectivity index (χ4n) is 2.42. The third kappa shape index (κ3) is 3.95. The number of nitrogens with one attached hydrogen (secondary N) is 1. The second-order valence-corrected chi connectivity index (χ2v) is 4.93. The van der Waals surface area contributed by atoms with Gasteiger partial charge in [0, 0.05) is 7.11 Å². The molecule has 2 N–H and O–H groups in total. The highest BCUT2D eigenvalue weighted by molar-refractivity contribution is 5.76. The van der Waals surface area contributed by atoms with Crippen LogP contribution in [0.1, 0.15) is 19.3 Å². The summed E-state index contributed by atoms with van der Waals surface area (Å²) in [6, 6.07) is 9.16. The summed E-state index contributed by atoms with van der Waals surface area (Å²) in [5, 5.41) is 12.8. The number of amides is 1. The molecule has 0 spiro atoms. The van der Waals surface area contributed by atoms with Crippen LogP contribution in [0.15, 0.2) is 30.3 Å². The number of para-hydroxylation sites is 1. The molecule has 5 heteroatoms. The van der Waals surface area contributed by atoms with E-state index in [2.05, 4.69) is 5.32 Å². The Labute approximate surface area is 118 Å². The molecule has 3 atom stereocenters. The Bertz CT molecular complexity index is 423. The number of rotatable bonds is 6. The first-order valence-electron chi connectivity index (χ1n) is 6.89. The van der Waals surface area contributed by atoms with Crippen molar-refractivity contribution >= 4 is 5.91 Å². The zero-order valence-corrected chi connectivity index (χ0v) is 11.6. The molecule has 1 aliphatic carbocycles. The lowest BCUT2D eigenvalue weighted by molar-refractivity contribution is -0.123. The average molecular weight is 279 g/mol. The molecule has 0 heterocycles. The summed E-state index contributed by atoms with van der Waals surface area (Å²) in [4.78, 5) is 11.8. The van der Waals surface area contributed by atoms with Crippen molar-refractivity contribution in [3.8, 4) is 5.75 Å². The van der Waals surface area contributed by atoms with Gasteiger partial charge in [0.05, 0.1) is 25.2 Å². The normalized spacial score (nSPS) is 25.4. The van der Waals surface area contributed by atoms with E-state index in [0.29, 0.717) is 6.61 Å². The van der Waals surface area contributed by atoms with Crippen LogP contribution >= 0.6 is 0 Å². The summed E-state index contributed by atoms with van der Waals surface area (Å²) in [6.07, 6.45) is 0.976. The predicted octanol–water partition coefficient (Wildman–Crippen LogP) is 1.11. The number of hydrogen-bond acceptors (Lipinski definition) is 4. The topological polar surface area (TPSA) is 67.8 Å². The molecule has 0 aliphatic heterocycles. The van der Waals surface area contributed by atoms with Crippen LogP contribution in [0.3, 0.4) is 0 Å². The molecule has 5 nitrogen and oxygen atoms in total. The van der Waals surface area contributed by atoms with Crippen molar-refractivity contribution in [3.05, 3.63) is 30.3 Å². The van der Waals surface area contributed by atoms with E-state index in [1.165, 1.54) is 0 Å². The zero-order valence-electron chi connectivity index (χ0n) is 11.6. The fraction of sp³-hybridized carbons (Fsp3) is 0.533. The van der Waals surface area contributed by atoms with E-state index in [-0.39, 0.29) is 24.5 Å². The number of methoxy groups -OCH3 is 1. The molecule has 1 aromatic rings. The first kappa shape index (κ1) is 14.8. The summed E-state index contributed by atoms with van der Waals surface area (Å²) in [7, 11) is 1.58. The van der Waals surface area contributed by atoms with Gasteiger partial charge in [-0.25, -0.2) is 0 Å². The van der Waals surface area contributed by atoms with E-state index < -0.39 is 6.10 Å². The molecule has 1 saturated carbocycles. The maximum atomic E-state index is 11.8. The molecule has 0 saturated heterocycles. The number of benzene rings is 1. The molecule has 1 amide bonds. The maximum absolute atomic E-state index is 11.8. The number of carbonyl (C=O) groups excluding carboxylic acids is 1. The predicted molar refractivity (Wildman–Crippen MR) is 74.5 cm³/mol. The number of hydrogen-bond donors (Lipinski definition) is 2. The average Bonchev–Trinajstić information content (AvgIpc) is 2.81. The molecule has 1 fully saturated rings. The van der Waals surface area contributed by atoms with Crippen LogP contribution in [-0.4, -0.2) is 43.0 Å². The molecule has 0 radical (unpaired) electrons. The van der Waals surface area contributed by atoms with Gasteiger partial charge in [-0.1, -0.05) is 18.2 Å². The zero-order chi connectivity index (χ0) is 14.4. The van der Waals surface area contributed by atoms with Crippen molar-refractivity contribution in [3.63, 3.8) is 0 Å². The van der Waals surface area contributed by atoms with Gasteiger partial charge in [0.25, 0.3) is 0 Å². The lowest BCUT2D eigenvalue weighted by atomic mass is 10.2. The second-order valence-electron chi connectivity index (χ2n) is 4.93. The Hall–Kier alpha value is -1.59. The van der Waals surface area contributed by atoms with E-state index in [4.69, 9.17) is 9.47 Å². The third-order valence-electron chi connectivity index (χ3n) is 3.55. The van der Waals surface area contributed by atoms with Crippen LogP contribution in [0.2, 0.25) is 0 Å². The van der Waals surface area contributed by atoms with Crippen LogP contribution in [-0.2, 0) is 9.53 Å². The quantitative estimate of drug-likeness (QED) is 0.818. The maximum Gasteiger partial charge on any atom is 0.223 e. The van der Waals surface area contributed by atoms with Crippen molar-refractivity contribution < 1.29 is 19.4 Å². The molecular formula is C15H21NO4. The lowest BCUT2D eigenvalue weighted by Crippen LogP contribution is -2.43. The van der Waals surface area contributed by atoms with Crippen LogP contribution in [0, 0.1) is 0 Å². The molecule has 0 bridgehead atoms. The minimum atomic E-state index is -0.626. The van der Waals surface area contributed by atoms with Gasteiger partial charge in [0.1, 0.15) is 11.9 Å². The first-order chi connectivity index (χ1) is 9.70. The van der Waals surface area contributed by atoms with E-state index in [1.54, 1.807) is 7.11 Å². The first-order valence-corrected chi connectivity index (χ1v) is 6.89.